The lowest BCUT2D eigenvalue weighted by atomic mass is 10.0. The summed E-state index contributed by atoms with van der Waals surface area (Å²) in [6.45, 7) is 2.24. The van der Waals surface area contributed by atoms with Crippen LogP contribution in [-0.2, 0) is 6.61 Å². The van der Waals surface area contributed by atoms with Gasteiger partial charge in [0.25, 0.3) is 0 Å². The van der Waals surface area contributed by atoms with Crippen molar-refractivity contribution in [2.45, 2.75) is 20.0 Å². The third-order valence-electron chi connectivity index (χ3n) is 2.25. The highest BCUT2D eigenvalue weighted by Gasteiger charge is 1.99. The van der Waals surface area contributed by atoms with Gasteiger partial charge in [-0.2, -0.15) is 0 Å². The van der Waals surface area contributed by atoms with E-state index in [-0.39, 0.29) is 13.2 Å². The zero-order valence-electron chi connectivity index (χ0n) is 8.40. The van der Waals surface area contributed by atoms with Gasteiger partial charge in [0.2, 0.25) is 0 Å². The highest BCUT2D eigenvalue weighted by molar-refractivity contribution is 5.55. The van der Waals surface area contributed by atoms with E-state index in [1.54, 1.807) is 0 Å². The molecule has 0 aliphatic heterocycles. The highest BCUT2D eigenvalue weighted by atomic mass is 16.3. The van der Waals surface area contributed by atoms with Crippen LogP contribution in [0.4, 0.5) is 0 Å². The van der Waals surface area contributed by atoms with Crippen molar-refractivity contribution in [1.29, 1.82) is 0 Å². The molecule has 1 rings (SSSR count). The molecule has 0 amide bonds. The van der Waals surface area contributed by atoms with Crippen molar-refractivity contribution in [3.63, 3.8) is 0 Å². The van der Waals surface area contributed by atoms with E-state index in [9.17, 15) is 0 Å². The molecule has 2 heteroatoms. The van der Waals surface area contributed by atoms with Crippen LogP contribution in [0.15, 0.2) is 24.3 Å². The van der Waals surface area contributed by atoms with Crippen LogP contribution in [0.5, 0.6) is 0 Å². The molecule has 0 unspecified atom stereocenters. The van der Waals surface area contributed by atoms with Gasteiger partial charge in [-0.05, 0) is 30.0 Å². The Labute approximate surface area is 84.5 Å². The molecule has 0 aliphatic rings. The number of aliphatic hydroxyl groups is 2. The first kappa shape index (κ1) is 11.0. The molecule has 0 aliphatic carbocycles. The predicted octanol–water partition coefficient (Wildman–Crippen LogP) is 1.88. The Kier molecular flexibility index (Phi) is 4.36. The third kappa shape index (κ3) is 2.69. The minimum atomic E-state index is 0.0769. The van der Waals surface area contributed by atoms with Crippen molar-refractivity contribution in [3.05, 3.63) is 41.0 Å². The summed E-state index contributed by atoms with van der Waals surface area (Å²) in [6.07, 6.45) is 4.58. The zero-order chi connectivity index (χ0) is 10.4. The molecule has 1 aromatic rings. The first-order valence-electron chi connectivity index (χ1n) is 4.76. The van der Waals surface area contributed by atoms with Crippen molar-refractivity contribution in [2.24, 2.45) is 0 Å². The number of rotatable bonds is 4. The van der Waals surface area contributed by atoms with Crippen LogP contribution in [0, 0.1) is 6.92 Å². The minimum absolute atomic E-state index is 0.0769. The van der Waals surface area contributed by atoms with Crippen LogP contribution in [0.1, 0.15) is 23.1 Å². The van der Waals surface area contributed by atoms with Crippen molar-refractivity contribution in [3.8, 4) is 0 Å². The standard InChI is InChI=1S/C12H16O2/c1-10-11(5-2-3-8-13)6-4-7-12(10)9-14/h2,4-7,13-14H,3,8-9H2,1H3. The molecule has 14 heavy (non-hydrogen) atoms. The summed E-state index contributed by atoms with van der Waals surface area (Å²) in [4.78, 5) is 0. The van der Waals surface area contributed by atoms with Crippen LogP contribution in [0.2, 0.25) is 0 Å². The summed E-state index contributed by atoms with van der Waals surface area (Å²) < 4.78 is 0. The molecule has 76 valence electrons. The van der Waals surface area contributed by atoms with Gasteiger partial charge in [-0.15, -0.1) is 0 Å². The molecule has 0 fully saturated rings. The van der Waals surface area contributed by atoms with Gasteiger partial charge in [-0.1, -0.05) is 30.4 Å². The normalized spacial score (nSPS) is 11.1. The van der Waals surface area contributed by atoms with Crippen LogP contribution in [0.25, 0.3) is 6.08 Å². The van der Waals surface area contributed by atoms with Gasteiger partial charge in [0.1, 0.15) is 0 Å². The van der Waals surface area contributed by atoms with E-state index in [0.717, 1.165) is 16.7 Å². The highest BCUT2D eigenvalue weighted by Crippen LogP contribution is 2.15. The maximum Gasteiger partial charge on any atom is 0.0684 e. The molecule has 0 atom stereocenters. The smallest absolute Gasteiger partial charge is 0.0684 e. The van der Waals surface area contributed by atoms with Crippen molar-refractivity contribution < 1.29 is 10.2 Å². The van der Waals surface area contributed by atoms with Crippen LogP contribution in [0.3, 0.4) is 0 Å². The molecule has 0 saturated carbocycles. The van der Waals surface area contributed by atoms with E-state index < -0.39 is 0 Å². The number of aliphatic hydroxyl groups excluding tert-OH is 2. The van der Waals surface area contributed by atoms with Crippen LogP contribution in [-0.4, -0.2) is 16.8 Å². The summed E-state index contributed by atoms with van der Waals surface area (Å²) >= 11 is 0. The van der Waals surface area contributed by atoms with Crippen molar-refractivity contribution in [1.82, 2.24) is 0 Å². The third-order valence-corrected chi connectivity index (χ3v) is 2.25. The Morgan fingerprint density at radius 1 is 1.29 bits per heavy atom. The monoisotopic (exact) mass is 192 g/mol. The molecular weight excluding hydrogens is 176 g/mol. The van der Waals surface area contributed by atoms with Gasteiger partial charge in [-0.25, -0.2) is 0 Å². The molecular formula is C12H16O2. The Bertz CT molecular complexity index is 316. The van der Waals surface area contributed by atoms with E-state index in [4.69, 9.17) is 10.2 Å². The fourth-order valence-corrected chi connectivity index (χ4v) is 1.34. The number of hydrogen-bond donors (Lipinski definition) is 2. The fraction of sp³-hybridized carbons (Fsp3) is 0.333. The summed E-state index contributed by atoms with van der Waals surface area (Å²) in [5.41, 5.74) is 3.16. The number of benzene rings is 1. The van der Waals surface area contributed by atoms with Gasteiger partial charge in [0.05, 0.1) is 6.61 Å². The molecule has 2 nitrogen and oxygen atoms in total. The fourth-order valence-electron chi connectivity index (χ4n) is 1.34. The molecule has 2 N–H and O–H groups in total. The topological polar surface area (TPSA) is 40.5 Å². The summed E-state index contributed by atoms with van der Waals surface area (Å²) in [6, 6.07) is 5.85. The quantitative estimate of drug-likeness (QED) is 0.764. The molecule has 0 radical (unpaired) electrons. The average Bonchev–Trinajstić information content (AvgIpc) is 2.21. The summed E-state index contributed by atoms with van der Waals surface area (Å²) in [5, 5.41) is 17.7. The molecule has 1 aromatic carbocycles. The van der Waals surface area contributed by atoms with Gasteiger partial charge < -0.3 is 10.2 Å². The van der Waals surface area contributed by atoms with Crippen LogP contribution >= 0.6 is 0 Å². The second-order valence-corrected chi connectivity index (χ2v) is 3.20. The van der Waals surface area contributed by atoms with E-state index in [2.05, 4.69) is 0 Å². The summed E-state index contributed by atoms with van der Waals surface area (Å²) in [5.74, 6) is 0. The molecule has 0 spiro atoms. The largest absolute Gasteiger partial charge is 0.396 e. The Morgan fingerprint density at radius 2 is 2.07 bits per heavy atom. The van der Waals surface area contributed by atoms with Gasteiger partial charge >= 0.3 is 0 Å². The zero-order valence-corrected chi connectivity index (χ0v) is 8.40. The first-order valence-corrected chi connectivity index (χ1v) is 4.76. The minimum Gasteiger partial charge on any atom is -0.396 e. The van der Waals surface area contributed by atoms with E-state index in [1.807, 2.05) is 37.3 Å². The Hall–Kier alpha value is -1.12. The van der Waals surface area contributed by atoms with Gasteiger partial charge in [0.15, 0.2) is 0 Å². The van der Waals surface area contributed by atoms with Crippen molar-refractivity contribution >= 4 is 6.08 Å². The SMILES string of the molecule is Cc1c(C=CCCO)cccc1CO. The second-order valence-electron chi connectivity index (χ2n) is 3.20. The lowest BCUT2D eigenvalue weighted by Gasteiger charge is -2.05. The lowest BCUT2D eigenvalue weighted by Crippen LogP contribution is -1.90. The van der Waals surface area contributed by atoms with Gasteiger partial charge in [-0.3, -0.25) is 0 Å². The second kappa shape index (κ2) is 5.58. The maximum absolute atomic E-state index is 9.05. The Morgan fingerprint density at radius 3 is 2.71 bits per heavy atom. The summed E-state index contributed by atoms with van der Waals surface area (Å²) in [7, 11) is 0. The first-order chi connectivity index (χ1) is 6.79. The van der Waals surface area contributed by atoms with Crippen molar-refractivity contribution in [2.75, 3.05) is 6.61 Å². The molecule has 0 saturated heterocycles. The average molecular weight is 192 g/mol. The van der Waals surface area contributed by atoms with E-state index >= 15 is 0 Å². The molecule has 0 heterocycles. The van der Waals surface area contributed by atoms with Gasteiger partial charge in [0, 0.05) is 6.61 Å². The molecule has 0 bridgehead atoms. The van der Waals surface area contributed by atoms with E-state index in [1.165, 1.54) is 0 Å². The maximum atomic E-state index is 9.05. The van der Waals surface area contributed by atoms with Crippen LogP contribution < -0.4 is 0 Å². The van der Waals surface area contributed by atoms with E-state index in [0.29, 0.717) is 6.42 Å². The Balaban J connectivity index is 2.86. The molecule has 0 aromatic heterocycles. The lowest BCUT2D eigenvalue weighted by molar-refractivity contribution is 0.281. The number of hydrogen-bond acceptors (Lipinski definition) is 2. The predicted molar refractivity (Wildman–Crippen MR) is 57.8 cm³/mol.